The van der Waals surface area contributed by atoms with Gasteiger partial charge < -0.3 is 9.88 Å². The summed E-state index contributed by atoms with van der Waals surface area (Å²) >= 11 is 0. The Balaban J connectivity index is 1.65. The van der Waals surface area contributed by atoms with Crippen LogP contribution in [-0.4, -0.2) is 26.4 Å². The van der Waals surface area contributed by atoms with Crippen molar-refractivity contribution < 1.29 is 4.57 Å². The standard InChI is InChI=1S/C15H22NOP/c1-18(2,17)14-5-3-4-12(7-14)6-13-8-15(9-13)10-16-11-15/h3-5,7,13,16H,6,8-11H2,1-2H3. The molecule has 1 N–H and O–H groups in total. The maximum Gasteiger partial charge on any atom is 0.109 e. The SMILES string of the molecule is CP(C)(=O)c1cccc(CC2CC3(CNC3)C2)c1. The Bertz CT molecular complexity index is 493. The van der Waals surface area contributed by atoms with Crippen LogP contribution in [0.2, 0.25) is 0 Å². The summed E-state index contributed by atoms with van der Waals surface area (Å²) in [5, 5.41) is 4.41. The van der Waals surface area contributed by atoms with Crippen LogP contribution in [0.3, 0.4) is 0 Å². The summed E-state index contributed by atoms with van der Waals surface area (Å²) in [5.74, 6) is 0.843. The fraction of sp³-hybridized carbons (Fsp3) is 0.600. The predicted molar refractivity (Wildman–Crippen MR) is 77.3 cm³/mol. The van der Waals surface area contributed by atoms with Gasteiger partial charge in [-0.1, -0.05) is 18.2 Å². The van der Waals surface area contributed by atoms with Crippen molar-refractivity contribution in [2.45, 2.75) is 19.3 Å². The van der Waals surface area contributed by atoms with Crippen LogP contribution in [0.15, 0.2) is 24.3 Å². The van der Waals surface area contributed by atoms with Gasteiger partial charge in [0.15, 0.2) is 0 Å². The van der Waals surface area contributed by atoms with E-state index in [1.807, 2.05) is 19.4 Å². The molecular weight excluding hydrogens is 241 g/mol. The second kappa shape index (κ2) is 4.21. The van der Waals surface area contributed by atoms with E-state index in [0.717, 1.165) is 17.6 Å². The van der Waals surface area contributed by atoms with Gasteiger partial charge >= 0.3 is 0 Å². The van der Waals surface area contributed by atoms with Gasteiger partial charge in [0.2, 0.25) is 0 Å². The predicted octanol–water partition coefficient (Wildman–Crippen LogP) is 2.48. The van der Waals surface area contributed by atoms with Crippen LogP contribution >= 0.6 is 7.14 Å². The lowest BCUT2D eigenvalue weighted by molar-refractivity contribution is 0.000901. The molecule has 3 heteroatoms. The Morgan fingerprint density at radius 1 is 1.33 bits per heavy atom. The molecule has 18 heavy (non-hydrogen) atoms. The summed E-state index contributed by atoms with van der Waals surface area (Å²) in [4.78, 5) is 0. The van der Waals surface area contributed by atoms with Crippen molar-refractivity contribution >= 4 is 12.4 Å². The average Bonchev–Trinajstić information content (AvgIpc) is 2.19. The highest BCUT2D eigenvalue weighted by molar-refractivity contribution is 7.70. The summed E-state index contributed by atoms with van der Waals surface area (Å²) in [5.41, 5.74) is 2.02. The monoisotopic (exact) mass is 263 g/mol. The molecule has 1 aromatic rings. The van der Waals surface area contributed by atoms with Crippen LogP contribution in [0.4, 0.5) is 0 Å². The van der Waals surface area contributed by atoms with E-state index >= 15 is 0 Å². The minimum absolute atomic E-state index is 0.660. The van der Waals surface area contributed by atoms with Crippen molar-refractivity contribution in [3.8, 4) is 0 Å². The Hall–Kier alpha value is -0.590. The molecule has 0 aromatic heterocycles. The third-order valence-electron chi connectivity index (χ3n) is 4.50. The quantitative estimate of drug-likeness (QED) is 0.849. The lowest BCUT2D eigenvalue weighted by Gasteiger charge is -2.54. The zero-order chi connectivity index (χ0) is 12.8. The molecule has 0 bridgehead atoms. The molecule has 3 rings (SSSR count). The molecule has 0 radical (unpaired) electrons. The minimum atomic E-state index is -2.11. The molecule has 1 heterocycles. The van der Waals surface area contributed by atoms with E-state index in [2.05, 4.69) is 23.5 Å². The molecule has 2 nitrogen and oxygen atoms in total. The zero-order valence-corrected chi connectivity index (χ0v) is 12.2. The van der Waals surface area contributed by atoms with Crippen LogP contribution in [0.1, 0.15) is 18.4 Å². The fourth-order valence-electron chi connectivity index (χ4n) is 3.43. The first-order valence-corrected chi connectivity index (χ1v) is 9.42. The Kier molecular flexibility index (Phi) is 2.91. The summed E-state index contributed by atoms with van der Waals surface area (Å²) in [6.07, 6.45) is 3.91. The van der Waals surface area contributed by atoms with Gasteiger partial charge in [0.05, 0.1) is 0 Å². The van der Waals surface area contributed by atoms with Crippen molar-refractivity contribution in [1.29, 1.82) is 0 Å². The number of rotatable bonds is 3. The van der Waals surface area contributed by atoms with Crippen molar-refractivity contribution in [1.82, 2.24) is 5.32 Å². The van der Waals surface area contributed by atoms with Gasteiger partial charge in [-0.05, 0) is 55.6 Å². The molecule has 98 valence electrons. The molecule has 2 fully saturated rings. The number of benzene rings is 1. The van der Waals surface area contributed by atoms with Gasteiger partial charge in [0, 0.05) is 18.4 Å². The Labute approximate surface area is 110 Å². The van der Waals surface area contributed by atoms with Crippen LogP contribution in [0.25, 0.3) is 0 Å². The smallest absolute Gasteiger partial charge is 0.109 e. The topological polar surface area (TPSA) is 29.1 Å². The van der Waals surface area contributed by atoms with E-state index in [1.165, 1.54) is 31.5 Å². The van der Waals surface area contributed by atoms with Crippen molar-refractivity contribution in [3.63, 3.8) is 0 Å². The lowest BCUT2D eigenvalue weighted by Crippen LogP contribution is -2.60. The van der Waals surface area contributed by atoms with Crippen LogP contribution in [-0.2, 0) is 11.0 Å². The van der Waals surface area contributed by atoms with Gasteiger partial charge in [-0.2, -0.15) is 0 Å². The molecule has 1 spiro atoms. The molecular formula is C15H22NOP. The van der Waals surface area contributed by atoms with E-state index in [-0.39, 0.29) is 0 Å². The normalized spacial score (nSPS) is 22.6. The fourth-order valence-corrected chi connectivity index (χ4v) is 4.35. The van der Waals surface area contributed by atoms with Gasteiger partial charge in [0.1, 0.15) is 7.14 Å². The van der Waals surface area contributed by atoms with Crippen molar-refractivity contribution in [3.05, 3.63) is 29.8 Å². The first kappa shape index (κ1) is 12.4. The number of nitrogens with one attached hydrogen (secondary N) is 1. The Morgan fingerprint density at radius 2 is 2.06 bits per heavy atom. The molecule has 1 aliphatic heterocycles. The van der Waals surface area contributed by atoms with E-state index in [4.69, 9.17) is 0 Å². The average molecular weight is 263 g/mol. The highest BCUT2D eigenvalue weighted by Gasteiger charge is 2.47. The first-order chi connectivity index (χ1) is 8.47. The maximum atomic E-state index is 12.1. The Morgan fingerprint density at radius 3 is 2.61 bits per heavy atom. The molecule has 0 amide bonds. The first-order valence-electron chi connectivity index (χ1n) is 6.82. The minimum Gasteiger partial charge on any atom is -0.319 e. The molecule has 1 aromatic carbocycles. The van der Waals surface area contributed by atoms with Crippen molar-refractivity contribution in [2.75, 3.05) is 26.4 Å². The van der Waals surface area contributed by atoms with Gasteiger partial charge in [-0.3, -0.25) is 0 Å². The third-order valence-corrected chi connectivity index (χ3v) is 6.02. The molecule has 1 saturated heterocycles. The second-order valence-electron chi connectivity index (χ2n) is 6.60. The number of hydrogen-bond acceptors (Lipinski definition) is 2. The molecule has 2 aliphatic rings. The van der Waals surface area contributed by atoms with E-state index in [1.54, 1.807) is 0 Å². The summed E-state index contributed by atoms with van der Waals surface area (Å²) in [6.45, 7) is 6.15. The highest BCUT2D eigenvalue weighted by atomic mass is 31.2. The van der Waals surface area contributed by atoms with Crippen LogP contribution in [0.5, 0.6) is 0 Å². The summed E-state index contributed by atoms with van der Waals surface area (Å²) < 4.78 is 12.1. The maximum absolute atomic E-state index is 12.1. The van der Waals surface area contributed by atoms with Crippen molar-refractivity contribution in [2.24, 2.45) is 11.3 Å². The van der Waals surface area contributed by atoms with Crippen LogP contribution < -0.4 is 10.6 Å². The molecule has 0 unspecified atom stereocenters. The van der Waals surface area contributed by atoms with Gasteiger partial charge in [-0.15, -0.1) is 0 Å². The van der Waals surface area contributed by atoms with E-state index in [0.29, 0.717) is 5.41 Å². The number of hydrogen-bond donors (Lipinski definition) is 1. The molecule has 1 saturated carbocycles. The van der Waals surface area contributed by atoms with Gasteiger partial charge in [-0.25, -0.2) is 0 Å². The van der Waals surface area contributed by atoms with Gasteiger partial charge in [0.25, 0.3) is 0 Å². The van der Waals surface area contributed by atoms with E-state index in [9.17, 15) is 4.57 Å². The second-order valence-corrected chi connectivity index (χ2v) is 9.82. The summed E-state index contributed by atoms with van der Waals surface area (Å²) in [6, 6.07) is 8.40. The zero-order valence-electron chi connectivity index (χ0n) is 11.3. The van der Waals surface area contributed by atoms with E-state index < -0.39 is 7.14 Å². The molecule has 0 atom stereocenters. The molecule has 1 aliphatic carbocycles. The largest absolute Gasteiger partial charge is 0.319 e. The lowest BCUT2D eigenvalue weighted by atomic mass is 9.57. The third kappa shape index (κ3) is 2.29. The highest BCUT2D eigenvalue weighted by Crippen LogP contribution is 2.49. The van der Waals surface area contributed by atoms with Crippen LogP contribution in [0, 0.1) is 11.3 Å². The summed E-state index contributed by atoms with van der Waals surface area (Å²) in [7, 11) is -2.11.